The number of carbonyl (C=O) groups is 2. The lowest BCUT2D eigenvalue weighted by atomic mass is 10.1. The smallest absolute Gasteiger partial charge is 0.347 e. The summed E-state index contributed by atoms with van der Waals surface area (Å²) < 4.78 is 10.4. The minimum Gasteiger partial charge on any atom is -0.479 e. The van der Waals surface area contributed by atoms with Crippen LogP contribution in [-0.2, 0) is 9.53 Å². The number of ether oxygens (including phenoxy) is 2. The maximum absolute atomic E-state index is 12.3. The molecule has 0 radical (unpaired) electrons. The molecule has 5 nitrogen and oxygen atoms in total. The first-order valence-corrected chi connectivity index (χ1v) is 7.81. The van der Waals surface area contributed by atoms with Crippen LogP contribution in [0.3, 0.4) is 0 Å². The molecule has 0 saturated carbocycles. The van der Waals surface area contributed by atoms with E-state index in [1.165, 1.54) is 0 Å². The largest absolute Gasteiger partial charge is 0.479 e. The van der Waals surface area contributed by atoms with Crippen LogP contribution in [-0.4, -0.2) is 24.6 Å². The second-order valence-electron chi connectivity index (χ2n) is 5.31. The Kier molecular flexibility index (Phi) is 5.95. The molecule has 0 spiro atoms. The molecule has 2 aromatic carbocycles. The number of aryl methyl sites for hydroxylation is 1. The van der Waals surface area contributed by atoms with Gasteiger partial charge in [-0.3, -0.25) is 4.79 Å². The van der Waals surface area contributed by atoms with Crippen LogP contribution < -0.4 is 10.1 Å². The van der Waals surface area contributed by atoms with Gasteiger partial charge in [-0.15, -0.1) is 0 Å². The lowest BCUT2D eigenvalue weighted by molar-refractivity contribution is -0.150. The first-order chi connectivity index (χ1) is 11.5. The number of benzene rings is 2. The molecular weight excluding hydrogens is 306 g/mol. The molecule has 0 unspecified atom stereocenters. The van der Waals surface area contributed by atoms with Gasteiger partial charge in [-0.05, 0) is 56.7 Å². The van der Waals surface area contributed by atoms with Crippen LogP contribution >= 0.6 is 0 Å². The topological polar surface area (TPSA) is 64.6 Å². The van der Waals surface area contributed by atoms with E-state index in [2.05, 4.69) is 5.32 Å². The maximum atomic E-state index is 12.3. The van der Waals surface area contributed by atoms with Crippen LogP contribution in [0.25, 0.3) is 0 Å². The Morgan fingerprint density at radius 1 is 1.08 bits per heavy atom. The molecule has 0 aliphatic carbocycles. The Labute approximate surface area is 141 Å². The standard InChI is InChI=1S/C19H21NO4/c1-4-23-19(22)14(3)24-16-11-9-15(10-12-16)18(21)20-17-8-6-5-7-13(17)2/h5-12,14H,4H2,1-3H3,(H,20,21)/t14-/m0/s1. The van der Waals surface area contributed by atoms with Crippen molar-refractivity contribution in [3.05, 3.63) is 59.7 Å². The SMILES string of the molecule is CCOC(=O)[C@H](C)Oc1ccc(C(=O)Nc2ccccc2C)cc1. The molecule has 1 amide bonds. The molecule has 2 rings (SSSR count). The summed E-state index contributed by atoms with van der Waals surface area (Å²) >= 11 is 0. The van der Waals surface area contributed by atoms with Crippen LogP contribution in [0, 0.1) is 6.92 Å². The van der Waals surface area contributed by atoms with Gasteiger partial charge in [0.15, 0.2) is 6.10 Å². The molecular formula is C19H21NO4. The van der Waals surface area contributed by atoms with E-state index >= 15 is 0 Å². The summed E-state index contributed by atoms with van der Waals surface area (Å²) in [6, 6.07) is 14.2. The summed E-state index contributed by atoms with van der Waals surface area (Å²) in [6.07, 6.45) is -0.698. The highest BCUT2D eigenvalue weighted by Gasteiger charge is 2.16. The normalized spacial score (nSPS) is 11.5. The van der Waals surface area contributed by atoms with Gasteiger partial charge < -0.3 is 14.8 Å². The summed E-state index contributed by atoms with van der Waals surface area (Å²) in [5, 5.41) is 2.87. The second-order valence-corrected chi connectivity index (χ2v) is 5.31. The summed E-state index contributed by atoms with van der Waals surface area (Å²) in [6.45, 7) is 5.61. The predicted molar refractivity (Wildman–Crippen MR) is 92.3 cm³/mol. The number of hydrogen-bond acceptors (Lipinski definition) is 4. The fourth-order valence-corrected chi connectivity index (χ4v) is 2.10. The summed E-state index contributed by atoms with van der Waals surface area (Å²) in [7, 11) is 0. The van der Waals surface area contributed by atoms with Gasteiger partial charge in [-0.25, -0.2) is 4.79 Å². The zero-order valence-corrected chi connectivity index (χ0v) is 14.0. The van der Waals surface area contributed by atoms with E-state index in [4.69, 9.17) is 9.47 Å². The minimum absolute atomic E-state index is 0.200. The molecule has 5 heteroatoms. The van der Waals surface area contributed by atoms with Crippen molar-refractivity contribution >= 4 is 17.6 Å². The van der Waals surface area contributed by atoms with E-state index < -0.39 is 12.1 Å². The van der Waals surface area contributed by atoms with E-state index in [1.54, 1.807) is 38.1 Å². The van der Waals surface area contributed by atoms with Crippen LogP contribution in [0.4, 0.5) is 5.69 Å². The first kappa shape index (κ1) is 17.5. The van der Waals surface area contributed by atoms with Gasteiger partial charge in [-0.2, -0.15) is 0 Å². The monoisotopic (exact) mass is 327 g/mol. The number of anilines is 1. The zero-order chi connectivity index (χ0) is 17.5. The molecule has 1 atom stereocenters. The molecule has 2 aromatic rings. The Balaban J connectivity index is 2.00. The first-order valence-electron chi connectivity index (χ1n) is 7.81. The average molecular weight is 327 g/mol. The Bertz CT molecular complexity index is 710. The number of nitrogens with one attached hydrogen (secondary N) is 1. The number of para-hydroxylation sites is 1. The number of esters is 1. The molecule has 0 bridgehead atoms. The molecule has 0 aliphatic heterocycles. The van der Waals surface area contributed by atoms with E-state index in [0.29, 0.717) is 17.9 Å². The van der Waals surface area contributed by atoms with Gasteiger partial charge in [-0.1, -0.05) is 18.2 Å². The van der Waals surface area contributed by atoms with E-state index in [-0.39, 0.29) is 5.91 Å². The lowest BCUT2D eigenvalue weighted by Crippen LogP contribution is -2.26. The van der Waals surface area contributed by atoms with Gasteiger partial charge in [0.25, 0.3) is 5.91 Å². The predicted octanol–water partition coefficient (Wildman–Crippen LogP) is 3.58. The van der Waals surface area contributed by atoms with Crippen LogP contribution in [0.5, 0.6) is 5.75 Å². The molecule has 126 valence electrons. The summed E-state index contributed by atoms with van der Waals surface area (Å²) in [5.41, 5.74) is 2.28. The van der Waals surface area contributed by atoms with Gasteiger partial charge in [0, 0.05) is 11.3 Å². The van der Waals surface area contributed by atoms with Crippen molar-refractivity contribution in [2.24, 2.45) is 0 Å². The summed E-state index contributed by atoms with van der Waals surface area (Å²) in [4.78, 5) is 23.8. The van der Waals surface area contributed by atoms with Gasteiger partial charge in [0.05, 0.1) is 6.61 Å². The fourth-order valence-electron chi connectivity index (χ4n) is 2.10. The number of amides is 1. The molecule has 0 saturated heterocycles. The molecule has 0 heterocycles. The highest BCUT2D eigenvalue weighted by Crippen LogP contribution is 2.17. The van der Waals surface area contributed by atoms with E-state index in [0.717, 1.165) is 11.3 Å². The zero-order valence-electron chi connectivity index (χ0n) is 14.0. The van der Waals surface area contributed by atoms with E-state index in [1.807, 2.05) is 31.2 Å². The van der Waals surface area contributed by atoms with Crippen molar-refractivity contribution in [1.29, 1.82) is 0 Å². The second kappa shape index (κ2) is 8.15. The highest BCUT2D eigenvalue weighted by atomic mass is 16.6. The Morgan fingerprint density at radius 3 is 2.38 bits per heavy atom. The van der Waals surface area contributed by atoms with Crippen molar-refractivity contribution < 1.29 is 19.1 Å². The molecule has 1 N–H and O–H groups in total. The minimum atomic E-state index is -0.698. The fraction of sp³-hybridized carbons (Fsp3) is 0.263. The van der Waals surface area contributed by atoms with Crippen molar-refractivity contribution in [3.63, 3.8) is 0 Å². The molecule has 24 heavy (non-hydrogen) atoms. The quantitative estimate of drug-likeness (QED) is 0.824. The van der Waals surface area contributed by atoms with Crippen molar-refractivity contribution in [1.82, 2.24) is 0 Å². The Hall–Kier alpha value is -2.82. The number of rotatable bonds is 6. The number of carbonyl (C=O) groups excluding carboxylic acids is 2. The van der Waals surface area contributed by atoms with Crippen LogP contribution in [0.15, 0.2) is 48.5 Å². The molecule has 0 fully saturated rings. The van der Waals surface area contributed by atoms with Crippen LogP contribution in [0.1, 0.15) is 29.8 Å². The third-order valence-corrected chi connectivity index (χ3v) is 3.44. The molecule has 0 aliphatic rings. The van der Waals surface area contributed by atoms with E-state index in [9.17, 15) is 9.59 Å². The molecule has 0 aromatic heterocycles. The third-order valence-electron chi connectivity index (χ3n) is 3.44. The highest BCUT2D eigenvalue weighted by molar-refractivity contribution is 6.04. The lowest BCUT2D eigenvalue weighted by Gasteiger charge is -2.13. The van der Waals surface area contributed by atoms with Gasteiger partial charge in [0.2, 0.25) is 0 Å². The number of hydrogen-bond donors (Lipinski definition) is 1. The van der Waals surface area contributed by atoms with Crippen molar-refractivity contribution in [2.75, 3.05) is 11.9 Å². The summed E-state index contributed by atoms with van der Waals surface area (Å²) in [5.74, 6) is -0.115. The van der Waals surface area contributed by atoms with Gasteiger partial charge in [0.1, 0.15) is 5.75 Å². The van der Waals surface area contributed by atoms with Crippen molar-refractivity contribution in [3.8, 4) is 5.75 Å². The van der Waals surface area contributed by atoms with Crippen molar-refractivity contribution in [2.45, 2.75) is 26.9 Å². The average Bonchev–Trinajstić information content (AvgIpc) is 2.57. The Morgan fingerprint density at radius 2 is 1.75 bits per heavy atom. The third kappa shape index (κ3) is 4.59. The maximum Gasteiger partial charge on any atom is 0.347 e. The van der Waals surface area contributed by atoms with Gasteiger partial charge >= 0.3 is 5.97 Å². The van der Waals surface area contributed by atoms with Crippen LogP contribution in [0.2, 0.25) is 0 Å².